The standard InChI is InChI=1S/C16H22N2O3S/c1-2-16-17-12(11-22-16)9-18-5-7-20-10-13(18)8-14(19)15-4-3-6-21-15/h3-4,6,11,13-14,19H,2,5,7-10H2,1H3. The second-order valence-electron chi connectivity index (χ2n) is 5.55. The third kappa shape index (κ3) is 3.76. The lowest BCUT2D eigenvalue weighted by Gasteiger charge is -2.35. The van der Waals surface area contributed by atoms with Crippen molar-refractivity contribution in [2.24, 2.45) is 0 Å². The summed E-state index contributed by atoms with van der Waals surface area (Å²) in [6, 6.07) is 3.79. The van der Waals surface area contributed by atoms with Gasteiger partial charge in [-0.05, 0) is 25.0 Å². The van der Waals surface area contributed by atoms with Crippen LogP contribution in [-0.4, -0.2) is 40.8 Å². The molecule has 1 fully saturated rings. The van der Waals surface area contributed by atoms with Crippen molar-refractivity contribution in [2.45, 2.75) is 38.5 Å². The largest absolute Gasteiger partial charge is 0.467 e. The van der Waals surface area contributed by atoms with Gasteiger partial charge in [0.1, 0.15) is 11.9 Å². The minimum Gasteiger partial charge on any atom is -0.467 e. The molecule has 0 aromatic carbocycles. The zero-order valence-electron chi connectivity index (χ0n) is 12.8. The van der Waals surface area contributed by atoms with Gasteiger partial charge in [-0.3, -0.25) is 4.90 Å². The molecule has 6 heteroatoms. The molecule has 0 spiro atoms. The number of nitrogens with zero attached hydrogens (tertiary/aromatic N) is 2. The second kappa shape index (κ2) is 7.37. The van der Waals surface area contributed by atoms with Crippen LogP contribution in [-0.2, 0) is 17.7 Å². The summed E-state index contributed by atoms with van der Waals surface area (Å²) in [6.45, 7) is 5.18. The highest BCUT2D eigenvalue weighted by Gasteiger charge is 2.27. The molecule has 2 unspecified atom stereocenters. The third-order valence-electron chi connectivity index (χ3n) is 3.98. The molecule has 1 saturated heterocycles. The van der Waals surface area contributed by atoms with Crippen molar-refractivity contribution in [2.75, 3.05) is 19.8 Å². The molecule has 2 aromatic rings. The molecule has 120 valence electrons. The van der Waals surface area contributed by atoms with Crippen molar-refractivity contribution < 1.29 is 14.3 Å². The second-order valence-corrected chi connectivity index (χ2v) is 6.49. The minimum absolute atomic E-state index is 0.181. The van der Waals surface area contributed by atoms with Crippen LogP contribution in [0.3, 0.4) is 0 Å². The van der Waals surface area contributed by atoms with E-state index in [-0.39, 0.29) is 6.04 Å². The van der Waals surface area contributed by atoms with E-state index in [1.807, 2.05) is 6.07 Å². The summed E-state index contributed by atoms with van der Waals surface area (Å²) in [5.41, 5.74) is 1.11. The Morgan fingerprint density at radius 1 is 1.55 bits per heavy atom. The van der Waals surface area contributed by atoms with Gasteiger partial charge in [-0.2, -0.15) is 0 Å². The third-order valence-corrected chi connectivity index (χ3v) is 5.03. The maximum atomic E-state index is 10.3. The number of hydrogen-bond donors (Lipinski definition) is 1. The molecular weight excluding hydrogens is 300 g/mol. The molecule has 0 amide bonds. The van der Waals surface area contributed by atoms with E-state index < -0.39 is 6.10 Å². The Morgan fingerprint density at radius 2 is 2.45 bits per heavy atom. The van der Waals surface area contributed by atoms with Crippen LogP contribution in [0, 0.1) is 0 Å². The Hall–Kier alpha value is -1.21. The topological polar surface area (TPSA) is 58.7 Å². The molecule has 22 heavy (non-hydrogen) atoms. The van der Waals surface area contributed by atoms with Gasteiger partial charge in [0.2, 0.25) is 0 Å². The molecule has 2 aromatic heterocycles. The number of ether oxygens (including phenoxy) is 1. The predicted octanol–water partition coefficient (Wildman–Crippen LogP) is 2.62. The number of furan rings is 1. The number of hydrogen-bond acceptors (Lipinski definition) is 6. The van der Waals surface area contributed by atoms with E-state index in [1.165, 1.54) is 5.01 Å². The highest BCUT2D eigenvalue weighted by molar-refractivity contribution is 7.09. The Balaban J connectivity index is 1.63. The van der Waals surface area contributed by atoms with E-state index in [0.717, 1.165) is 31.8 Å². The van der Waals surface area contributed by atoms with Crippen molar-refractivity contribution in [3.05, 3.63) is 40.2 Å². The van der Waals surface area contributed by atoms with E-state index in [4.69, 9.17) is 9.15 Å². The van der Waals surface area contributed by atoms with Gasteiger partial charge in [-0.15, -0.1) is 11.3 Å². The average Bonchev–Trinajstić information content (AvgIpc) is 3.20. The van der Waals surface area contributed by atoms with E-state index in [1.54, 1.807) is 23.7 Å². The number of aliphatic hydroxyl groups excluding tert-OH is 1. The van der Waals surface area contributed by atoms with Crippen LogP contribution in [0.5, 0.6) is 0 Å². The first-order valence-electron chi connectivity index (χ1n) is 7.72. The van der Waals surface area contributed by atoms with Crippen molar-refractivity contribution in [1.29, 1.82) is 0 Å². The fourth-order valence-electron chi connectivity index (χ4n) is 2.76. The zero-order chi connectivity index (χ0) is 15.4. The molecule has 0 radical (unpaired) electrons. The van der Waals surface area contributed by atoms with Crippen molar-refractivity contribution in [3.8, 4) is 0 Å². The molecule has 3 heterocycles. The van der Waals surface area contributed by atoms with Crippen molar-refractivity contribution >= 4 is 11.3 Å². The van der Waals surface area contributed by atoms with Crippen LogP contribution in [0.2, 0.25) is 0 Å². The highest BCUT2D eigenvalue weighted by Crippen LogP contribution is 2.24. The van der Waals surface area contributed by atoms with Gasteiger partial charge in [0.25, 0.3) is 0 Å². The van der Waals surface area contributed by atoms with Gasteiger partial charge in [-0.25, -0.2) is 4.98 Å². The van der Waals surface area contributed by atoms with Gasteiger partial charge in [0.05, 0.1) is 30.2 Å². The molecule has 5 nitrogen and oxygen atoms in total. The van der Waals surface area contributed by atoms with Crippen LogP contribution in [0.25, 0.3) is 0 Å². The summed E-state index contributed by atoms with van der Waals surface area (Å²) >= 11 is 1.72. The van der Waals surface area contributed by atoms with Crippen LogP contribution in [0.15, 0.2) is 28.2 Å². The van der Waals surface area contributed by atoms with Crippen molar-refractivity contribution in [1.82, 2.24) is 9.88 Å². The van der Waals surface area contributed by atoms with Crippen LogP contribution < -0.4 is 0 Å². The fraction of sp³-hybridized carbons (Fsp3) is 0.562. The van der Waals surface area contributed by atoms with Gasteiger partial charge in [0, 0.05) is 24.5 Å². The number of rotatable bonds is 6. The number of aliphatic hydroxyl groups is 1. The van der Waals surface area contributed by atoms with Crippen LogP contribution in [0.1, 0.15) is 35.9 Å². The highest BCUT2D eigenvalue weighted by atomic mass is 32.1. The Kier molecular flexibility index (Phi) is 5.25. The normalized spacial score (nSPS) is 21.1. The van der Waals surface area contributed by atoms with Gasteiger partial charge in [-0.1, -0.05) is 6.92 Å². The lowest BCUT2D eigenvalue weighted by molar-refractivity contribution is -0.0327. The molecule has 1 aliphatic rings. The predicted molar refractivity (Wildman–Crippen MR) is 84.8 cm³/mol. The molecule has 3 rings (SSSR count). The van der Waals surface area contributed by atoms with Gasteiger partial charge in [0.15, 0.2) is 0 Å². The van der Waals surface area contributed by atoms with E-state index in [9.17, 15) is 5.11 Å². The zero-order valence-corrected chi connectivity index (χ0v) is 13.6. The van der Waals surface area contributed by atoms with E-state index in [0.29, 0.717) is 18.8 Å². The lowest BCUT2D eigenvalue weighted by Crippen LogP contribution is -2.45. The summed E-state index contributed by atoms with van der Waals surface area (Å²) in [7, 11) is 0. The van der Waals surface area contributed by atoms with E-state index in [2.05, 4.69) is 22.2 Å². The van der Waals surface area contributed by atoms with Gasteiger partial charge >= 0.3 is 0 Å². The van der Waals surface area contributed by atoms with E-state index >= 15 is 0 Å². The lowest BCUT2D eigenvalue weighted by atomic mass is 10.1. The number of thiazole rings is 1. The summed E-state index contributed by atoms with van der Waals surface area (Å²) in [5, 5.41) is 13.6. The number of aromatic nitrogens is 1. The monoisotopic (exact) mass is 322 g/mol. The average molecular weight is 322 g/mol. The Bertz CT molecular complexity index is 570. The molecular formula is C16H22N2O3S. The fourth-order valence-corrected chi connectivity index (χ4v) is 3.50. The first-order valence-corrected chi connectivity index (χ1v) is 8.60. The summed E-state index contributed by atoms with van der Waals surface area (Å²) in [5.74, 6) is 0.618. The Labute approximate surface area is 134 Å². The smallest absolute Gasteiger partial charge is 0.132 e. The molecule has 0 aliphatic carbocycles. The van der Waals surface area contributed by atoms with Crippen LogP contribution >= 0.6 is 11.3 Å². The number of aryl methyl sites for hydroxylation is 1. The van der Waals surface area contributed by atoms with Crippen LogP contribution in [0.4, 0.5) is 0 Å². The molecule has 1 N–H and O–H groups in total. The first-order chi connectivity index (χ1) is 10.8. The summed E-state index contributed by atoms with van der Waals surface area (Å²) in [4.78, 5) is 6.99. The first kappa shape index (κ1) is 15.7. The minimum atomic E-state index is -0.592. The quantitative estimate of drug-likeness (QED) is 0.886. The number of morpholine rings is 1. The van der Waals surface area contributed by atoms with Crippen molar-refractivity contribution in [3.63, 3.8) is 0 Å². The summed E-state index contributed by atoms with van der Waals surface area (Å²) < 4.78 is 10.9. The Morgan fingerprint density at radius 3 is 3.18 bits per heavy atom. The maximum absolute atomic E-state index is 10.3. The SMILES string of the molecule is CCc1nc(CN2CCOCC2CC(O)c2ccco2)cs1. The maximum Gasteiger partial charge on any atom is 0.132 e. The van der Waals surface area contributed by atoms with Gasteiger partial charge < -0.3 is 14.3 Å². The molecule has 0 bridgehead atoms. The molecule has 1 aliphatic heterocycles. The molecule has 0 saturated carbocycles. The summed E-state index contributed by atoms with van der Waals surface area (Å²) in [6.07, 6.45) is 2.59. The molecule has 2 atom stereocenters.